The zero-order valence-electron chi connectivity index (χ0n) is 14.6. The third-order valence-electron chi connectivity index (χ3n) is 4.36. The molecule has 126 valence electrons. The van der Waals surface area contributed by atoms with E-state index in [4.69, 9.17) is 9.97 Å². The molecule has 0 radical (unpaired) electrons. The molecule has 0 fully saturated rings. The summed E-state index contributed by atoms with van der Waals surface area (Å²) in [5.41, 5.74) is 4.67. The molecule has 4 rings (SSSR count). The van der Waals surface area contributed by atoms with Gasteiger partial charge in [-0.1, -0.05) is 48.5 Å². The molecule has 0 unspecified atom stereocenters. The number of hydrogen-bond donors (Lipinski definition) is 1. The van der Waals surface area contributed by atoms with Crippen LogP contribution in [0.5, 0.6) is 0 Å². The first-order chi connectivity index (χ1) is 12.2. The highest BCUT2D eigenvalue weighted by Gasteiger charge is 2.22. The van der Waals surface area contributed by atoms with E-state index in [1.54, 1.807) is 0 Å². The Morgan fingerprint density at radius 3 is 2.52 bits per heavy atom. The van der Waals surface area contributed by atoms with Gasteiger partial charge in [0.25, 0.3) is 0 Å². The van der Waals surface area contributed by atoms with Crippen LogP contribution in [0.4, 0.5) is 17.5 Å². The van der Waals surface area contributed by atoms with E-state index in [1.807, 2.05) is 18.2 Å². The zero-order valence-corrected chi connectivity index (χ0v) is 14.6. The number of nitrogens with one attached hydrogen (secondary N) is 1. The van der Waals surface area contributed by atoms with Crippen LogP contribution >= 0.6 is 0 Å². The largest absolute Gasteiger partial charge is 0.352 e. The van der Waals surface area contributed by atoms with Gasteiger partial charge in [-0.15, -0.1) is 0 Å². The van der Waals surface area contributed by atoms with Crippen molar-refractivity contribution in [3.63, 3.8) is 0 Å². The Labute approximate surface area is 148 Å². The van der Waals surface area contributed by atoms with Crippen molar-refractivity contribution >= 4 is 17.5 Å². The van der Waals surface area contributed by atoms with E-state index >= 15 is 0 Å². The Balaban J connectivity index is 1.80. The van der Waals surface area contributed by atoms with E-state index in [0.29, 0.717) is 5.95 Å². The standard InChI is InChI=1S/C21H22N4/c1-15(2)22-21-23-18(16-8-4-3-5-9-16)14-20(24-21)25-13-12-17-10-6-7-11-19(17)25/h3-11,14-15H,12-13H2,1-2H3,(H,22,23,24). The first kappa shape index (κ1) is 15.6. The minimum atomic E-state index is 0.282. The number of benzene rings is 2. The molecule has 0 spiro atoms. The summed E-state index contributed by atoms with van der Waals surface area (Å²) in [6.07, 6.45) is 1.05. The van der Waals surface area contributed by atoms with Crippen LogP contribution in [0.15, 0.2) is 60.7 Å². The average molecular weight is 330 g/mol. The van der Waals surface area contributed by atoms with Gasteiger partial charge in [0.1, 0.15) is 5.82 Å². The molecule has 0 saturated carbocycles. The van der Waals surface area contributed by atoms with Crippen LogP contribution in [0.25, 0.3) is 11.3 Å². The van der Waals surface area contributed by atoms with Gasteiger partial charge in [-0.05, 0) is 31.9 Å². The summed E-state index contributed by atoms with van der Waals surface area (Å²) in [7, 11) is 0. The van der Waals surface area contributed by atoms with Gasteiger partial charge in [-0.3, -0.25) is 0 Å². The number of anilines is 3. The van der Waals surface area contributed by atoms with Crippen molar-refractivity contribution in [2.75, 3.05) is 16.8 Å². The van der Waals surface area contributed by atoms with Gasteiger partial charge in [0.15, 0.2) is 0 Å². The number of nitrogens with zero attached hydrogens (tertiary/aromatic N) is 3. The number of fused-ring (bicyclic) bond motifs is 1. The van der Waals surface area contributed by atoms with E-state index in [0.717, 1.165) is 30.0 Å². The topological polar surface area (TPSA) is 41.1 Å². The second-order valence-corrected chi connectivity index (χ2v) is 6.63. The molecule has 2 aromatic carbocycles. The fourth-order valence-corrected chi connectivity index (χ4v) is 3.23. The Kier molecular flexibility index (Phi) is 4.10. The highest BCUT2D eigenvalue weighted by Crippen LogP contribution is 2.35. The molecule has 1 N–H and O–H groups in total. The lowest BCUT2D eigenvalue weighted by Gasteiger charge is -2.20. The van der Waals surface area contributed by atoms with Crippen LogP contribution in [0.2, 0.25) is 0 Å². The van der Waals surface area contributed by atoms with Crippen molar-refractivity contribution in [3.05, 3.63) is 66.2 Å². The number of aromatic nitrogens is 2. The molecule has 0 amide bonds. The maximum Gasteiger partial charge on any atom is 0.225 e. The Morgan fingerprint density at radius 2 is 1.72 bits per heavy atom. The van der Waals surface area contributed by atoms with E-state index in [9.17, 15) is 0 Å². The van der Waals surface area contributed by atoms with Gasteiger partial charge in [0.05, 0.1) is 5.69 Å². The van der Waals surface area contributed by atoms with Crippen molar-refractivity contribution in [2.45, 2.75) is 26.3 Å². The smallest absolute Gasteiger partial charge is 0.225 e. The lowest BCUT2D eigenvalue weighted by atomic mass is 10.1. The van der Waals surface area contributed by atoms with Crippen molar-refractivity contribution in [1.29, 1.82) is 0 Å². The van der Waals surface area contributed by atoms with Gasteiger partial charge in [-0.25, -0.2) is 4.98 Å². The third-order valence-corrected chi connectivity index (χ3v) is 4.36. The van der Waals surface area contributed by atoms with Crippen LogP contribution in [-0.2, 0) is 6.42 Å². The first-order valence-corrected chi connectivity index (χ1v) is 8.77. The number of hydrogen-bond acceptors (Lipinski definition) is 4. The molecular weight excluding hydrogens is 308 g/mol. The predicted molar refractivity (Wildman–Crippen MR) is 103 cm³/mol. The lowest BCUT2D eigenvalue weighted by Crippen LogP contribution is -2.18. The normalized spacial score (nSPS) is 13.2. The van der Waals surface area contributed by atoms with Crippen LogP contribution < -0.4 is 10.2 Å². The maximum absolute atomic E-state index is 4.78. The summed E-state index contributed by atoms with van der Waals surface area (Å²) >= 11 is 0. The summed E-state index contributed by atoms with van der Waals surface area (Å²) < 4.78 is 0. The predicted octanol–water partition coefficient (Wildman–Crippen LogP) is 4.66. The van der Waals surface area contributed by atoms with Crippen molar-refractivity contribution in [1.82, 2.24) is 9.97 Å². The molecule has 0 aliphatic carbocycles. The molecular formula is C21H22N4. The minimum absolute atomic E-state index is 0.282. The minimum Gasteiger partial charge on any atom is -0.352 e. The molecule has 1 aliphatic heterocycles. The van der Waals surface area contributed by atoms with Crippen LogP contribution in [0, 0.1) is 0 Å². The second kappa shape index (κ2) is 6.55. The molecule has 1 aromatic heterocycles. The summed E-state index contributed by atoms with van der Waals surface area (Å²) in [5, 5.41) is 3.35. The molecule has 4 nitrogen and oxygen atoms in total. The highest BCUT2D eigenvalue weighted by atomic mass is 15.2. The molecule has 25 heavy (non-hydrogen) atoms. The molecule has 0 saturated heterocycles. The molecule has 2 heterocycles. The molecule has 4 heteroatoms. The van der Waals surface area contributed by atoms with Gasteiger partial charge in [0, 0.05) is 29.9 Å². The summed E-state index contributed by atoms with van der Waals surface area (Å²) in [6, 6.07) is 21.2. The van der Waals surface area contributed by atoms with Gasteiger partial charge in [-0.2, -0.15) is 4.98 Å². The number of para-hydroxylation sites is 1. The fourth-order valence-electron chi connectivity index (χ4n) is 3.23. The molecule has 1 aliphatic rings. The van der Waals surface area contributed by atoms with Crippen LogP contribution in [0.1, 0.15) is 19.4 Å². The lowest BCUT2D eigenvalue weighted by molar-refractivity contribution is 0.870. The van der Waals surface area contributed by atoms with E-state index in [1.165, 1.54) is 11.3 Å². The van der Waals surface area contributed by atoms with Crippen molar-refractivity contribution in [3.8, 4) is 11.3 Å². The zero-order chi connectivity index (χ0) is 17.2. The summed E-state index contributed by atoms with van der Waals surface area (Å²) in [4.78, 5) is 11.8. The van der Waals surface area contributed by atoms with Crippen molar-refractivity contribution in [2.24, 2.45) is 0 Å². The van der Waals surface area contributed by atoms with Gasteiger partial charge >= 0.3 is 0 Å². The maximum atomic E-state index is 4.78. The quantitative estimate of drug-likeness (QED) is 0.755. The van der Waals surface area contributed by atoms with E-state index in [-0.39, 0.29) is 6.04 Å². The summed E-state index contributed by atoms with van der Waals surface area (Å²) in [5.74, 6) is 1.62. The van der Waals surface area contributed by atoms with Crippen molar-refractivity contribution < 1.29 is 0 Å². The number of rotatable bonds is 4. The molecule has 0 bridgehead atoms. The third kappa shape index (κ3) is 3.20. The monoisotopic (exact) mass is 330 g/mol. The fraction of sp³-hybridized carbons (Fsp3) is 0.238. The Morgan fingerprint density at radius 1 is 0.960 bits per heavy atom. The van der Waals surface area contributed by atoms with E-state index in [2.05, 4.69) is 66.5 Å². The SMILES string of the molecule is CC(C)Nc1nc(-c2ccccc2)cc(N2CCc3ccccc32)n1. The average Bonchev–Trinajstić information content (AvgIpc) is 3.06. The second-order valence-electron chi connectivity index (χ2n) is 6.63. The summed E-state index contributed by atoms with van der Waals surface area (Å²) in [6.45, 7) is 5.15. The first-order valence-electron chi connectivity index (χ1n) is 8.77. The molecule has 0 atom stereocenters. The molecule has 3 aromatic rings. The van der Waals surface area contributed by atoms with E-state index < -0.39 is 0 Å². The van der Waals surface area contributed by atoms with Gasteiger partial charge < -0.3 is 10.2 Å². The van der Waals surface area contributed by atoms with Gasteiger partial charge in [0.2, 0.25) is 5.95 Å². The highest BCUT2D eigenvalue weighted by molar-refractivity contribution is 5.72. The Hall–Kier alpha value is -2.88. The van der Waals surface area contributed by atoms with Crippen LogP contribution in [-0.4, -0.2) is 22.6 Å². The van der Waals surface area contributed by atoms with Crippen LogP contribution in [0.3, 0.4) is 0 Å². The Bertz CT molecular complexity index is 874.